The van der Waals surface area contributed by atoms with Gasteiger partial charge in [0.05, 0.1) is 23.3 Å². The maximum atomic E-state index is 12.4. The van der Waals surface area contributed by atoms with Crippen LogP contribution < -0.4 is 0 Å². The van der Waals surface area contributed by atoms with Crippen molar-refractivity contribution >= 4 is 19.9 Å². The zero-order chi connectivity index (χ0) is 15.0. The maximum absolute atomic E-state index is 12.4. The van der Waals surface area contributed by atoms with Crippen molar-refractivity contribution in [3.63, 3.8) is 0 Å². The Bertz CT molecular complexity index is 666. The minimum atomic E-state index is -3.53. The van der Waals surface area contributed by atoms with Crippen LogP contribution in [0.2, 0.25) is 0 Å². The summed E-state index contributed by atoms with van der Waals surface area (Å²) in [7, 11) is -5.13. The highest BCUT2D eigenvalue weighted by Gasteiger charge is 2.35. The summed E-state index contributed by atoms with van der Waals surface area (Å²) < 4.78 is 48.6. The Balaban J connectivity index is 2.06. The number of H-pyrrole nitrogens is 1. The van der Waals surface area contributed by atoms with Crippen LogP contribution in [0.5, 0.6) is 0 Å². The summed E-state index contributed by atoms with van der Waals surface area (Å²) in [4.78, 5) is 4.06. The van der Waals surface area contributed by atoms with Gasteiger partial charge in [0.1, 0.15) is 15.7 Å². The average molecular weight is 322 g/mol. The first-order chi connectivity index (χ1) is 9.21. The molecule has 1 aliphatic heterocycles. The second kappa shape index (κ2) is 5.41. The van der Waals surface area contributed by atoms with Gasteiger partial charge in [-0.05, 0) is 19.8 Å². The fraction of sp³-hybridized carbons (Fsp3) is 0.800. The number of nitrogens with zero attached hydrogens (tertiary/aromatic N) is 3. The zero-order valence-electron chi connectivity index (χ0n) is 11.4. The van der Waals surface area contributed by atoms with Crippen molar-refractivity contribution < 1.29 is 16.8 Å². The number of sulfone groups is 1. The first-order valence-electron chi connectivity index (χ1n) is 6.24. The third-order valence-electron chi connectivity index (χ3n) is 3.36. The summed E-state index contributed by atoms with van der Waals surface area (Å²) in [6.07, 6.45) is 0.310. The van der Waals surface area contributed by atoms with Crippen LogP contribution in [0.3, 0.4) is 0 Å². The van der Waals surface area contributed by atoms with E-state index in [0.29, 0.717) is 11.6 Å². The second-order valence-electron chi connectivity index (χ2n) is 4.99. The lowest BCUT2D eigenvalue weighted by molar-refractivity contribution is 0.440. The third kappa shape index (κ3) is 3.36. The predicted molar refractivity (Wildman–Crippen MR) is 73.2 cm³/mol. The molecule has 1 N–H and O–H groups in total. The van der Waals surface area contributed by atoms with Crippen molar-refractivity contribution in [3.8, 4) is 0 Å². The summed E-state index contributed by atoms with van der Waals surface area (Å²) in [6, 6.07) is 0. The van der Waals surface area contributed by atoms with E-state index in [0.717, 1.165) is 0 Å². The molecule has 1 aliphatic rings. The fourth-order valence-corrected chi connectivity index (χ4v) is 5.60. The van der Waals surface area contributed by atoms with Crippen molar-refractivity contribution in [2.45, 2.75) is 31.6 Å². The van der Waals surface area contributed by atoms with Gasteiger partial charge < -0.3 is 0 Å². The van der Waals surface area contributed by atoms with E-state index in [1.54, 1.807) is 6.92 Å². The molecule has 0 spiro atoms. The second-order valence-corrected chi connectivity index (χ2v) is 9.61. The van der Waals surface area contributed by atoms with Crippen LogP contribution in [0, 0.1) is 6.92 Å². The topological polar surface area (TPSA) is 113 Å². The van der Waals surface area contributed by atoms with E-state index in [-0.39, 0.29) is 30.9 Å². The smallest absolute Gasteiger partial charge is 0.217 e. The Kier molecular flexibility index (Phi) is 4.17. The highest BCUT2D eigenvalue weighted by molar-refractivity contribution is 7.92. The van der Waals surface area contributed by atoms with Gasteiger partial charge in [0, 0.05) is 7.05 Å². The zero-order valence-corrected chi connectivity index (χ0v) is 13.0. The first kappa shape index (κ1) is 15.4. The van der Waals surface area contributed by atoms with E-state index in [2.05, 4.69) is 15.2 Å². The lowest BCUT2D eigenvalue weighted by Crippen LogP contribution is -2.40. The molecule has 1 aromatic heterocycles. The van der Waals surface area contributed by atoms with Crippen LogP contribution in [-0.2, 0) is 26.4 Å². The molecular formula is C10H18N4O4S2. The Morgan fingerprint density at radius 1 is 1.35 bits per heavy atom. The Morgan fingerprint density at radius 3 is 2.45 bits per heavy atom. The molecule has 8 nitrogen and oxygen atoms in total. The van der Waals surface area contributed by atoms with E-state index in [1.807, 2.05) is 0 Å². The van der Waals surface area contributed by atoms with Crippen LogP contribution >= 0.6 is 0 Å². The number of aromatic nitrogens is 3. The number of hydrogen-bond donors (Lipinski definition) is 1. The highest BCUT2D eigenvalue weighted by atomic mass is 32.2. The molecule has 2 rings (SSSR count). The van der Waals surface area contributed by atoms with Gasteiger partial charge in [-0.1, -0.05) is 0 Å². The molecule has 2 heterocycles. The molecule has 1 aromatic rings. The van der Waals surface area contributed by atoms with Crippen molar-refractivity contribution in [2.75, 3.05) is 18.6 Å². The van der Waals surface area contributed by atoms with Crippen LogP contribution in [-0.4, -0.2) is 60.1 Å². The number of hydrogen-bond acceptors (Lipinski definition) is 6. The quantitative estimate of drug-likeness (QED) is 0.796. The molecule has 0 bridgehead atoms. The van der Waals surface area contributed by atoms with Gasteiger partial charge in [0.2, 0.25) is 10.0 Å². The summed E-state index contributed by atoms with van der Waals surface area (Å²) in [6.45, 7) is 1.81. The molecule has 114 valence electrons. The van der Waals surface area contributed by atoms with Gasteiger partial charge in [-0.15, -0.1) is 0 Å². The Hall–Kier alpha value is -1.00. The Labute approximate surface area is 118 Å². The molecule has 20 heavy (non-hydrogen) atoms. The lowest BCUT2D eigenvalue weighted by Gasteiger charge is -2.26. The number of rotatable bonds is 4. The molecule has 0 aliphatic carbocycles. The van der Waals surface area contributed by atoms with Crippen molar-refractivity contribution in [2.24, 2.45) is 0 Å². The normalized spacial score (nSPS) is 20.4. The molecule has 0 amide bonds. The summed E-state index contributed by atoms with van der Waals surface area (Å²) in [5, 5.41) is 5.91. The van der Waals surface area contributed by atoms with Gasteiger partial charge >= 0.3 is 0 Å². The van der Waals surface area contributed by atoms with E-state index in [9.17, 15) is 16.8 Å². The number of sulfonamides is 1. The SMILES string of the molecule is Cc1nc(CN(C)S(=O)(=O)C2CCS(=O)(=O)CC2)n[nH]1. The predicted octanol–water partition coefficient (Wildman–Crippen LogP) is -0.548. The molecule has 1 fully saturated rings. The summed E-state index contributed by atoms with van der Waals surface area (Å²) in [5.41, 5.74) is 0. The van der Waals surface area contributed by atoms with Crippen molar-refractivity contribution in [1.82, 2.24) is 19.5 Å². The number of aromatic amines is 1. The monoisotopic (exact) mass is 322 g/mol. The van der Waals surface area contributed by atoms with E-state index >= 15 is 0 Å². The van der Waals surface area contributed by atoms with Crippen LogP contribution in [0.25, 0.3) is 0 Å². The number of nitrogens with one attached hydrogen (secondary N) is 1. The highest BCUT2D eigenvalue weighted by Crippen LogP contribution is 2.22. The Morgan fingerprint density at radius 2 is 1.95 bits per heavy atom. The first-order valence-corrected chi connectivity index (χ1v) is 9.56. The maximum Gasteiger partial charge on any atom is 0.217 e. The van der Waals surface area contributed by atoms with Crippen LogP contribution in [0.15, 0.2) is 0 Å². The van der Waals surface area contributed by atoms with Gasteiger partial charge in [-0.2, -0.15) is 9.40 Å². The average Bonchev–Trinajstić information content (AvgIpc) is 2.74. The molecule has 10 heteroatoms. The minimum Gasteiger partial charge on any atom is -0.263 e. The molecule has 0 aromatic carbocycles. The van der Waals surface area contributed by atoms with Crippen LogP contribution in [0.1, 0.15) is 24.5 Å². The van der Waals surface area contributed by atoms with Gasteiger partial charge in [0.25, 0.3) is 0 Å². The minimum absolute atomic E-state index is 0.0650. The van der Waals surface area contributed by atoms with E-state index in [4.69, 9.17) is 0 Å². The van der Waals surface area contributed by atoms with Gasteiger partial charge in [-0.25, -0.2) is 21.8 Å². The van der Waals surface area contributed by atoms with Crippen molar-refractivity contribution in [3.05, 3.63) is 11.6 Å². The molecule has 0 radical (unpaired) electrons. The molecular weight excluding hydrogens is 304 g/mol. The summed E-state index contributed by atoms with van der Waals surface area (Å²) in [5.74, 6) is 0.890. The van der Waals surface area contributed by atoms with E-state index in [1.165, 1.54) is 11.4 Å². The van der Waals surface area contributed by atoms with E-state index < -0.39 is 25.1 Å². The van der Waals surface area contributed by atoms with Gasteiger partial charge in [0.15, 0.2) is 5.82 Å². The lowest BCUT2D eigenvalue weighted by atomic mass is 10.2. The summed E-state index contributed by atoms with van der Waals surface area (Å²) >= 11 is 0. The molecule has 1 saturated heterocycles. The fourth-order valence-electron chi connectivity index (χ4n) is 2.17. The third-order valence-corrected chi connectivity index (χ3v) is 7.39. The number of aryl methyl sites for hydroxylation is 1. The molecule has 0 atom stereocenters. The largest absolute Gasteiger partial charge is 0.263 e. The van der Waals surface area contributed by atoms with Gasteiger partial charge in [-0.3, -0.25) is 5.10 Å². The molecule has 0 unspecified atom stereocenters. The standard InChI is InChI=1S/C10H18N4O4S2/c1-8-11-10(13-12-8)7-14(2)20(17,18)9-3-5-19(15,16)6-4-9/h9H,3-7H2,1-2H3,(H,11,12,13). The van der Waals surface area contributed by atoms with Crippen molar-refractivity contribution in [1.29, 1.82) is 0 Å². The van der Waals surface area contributed by atoms with Crippen LogP contribution in [0.4, 0.5) is 0 Å². The molecule has 0 saturated carbocycles.